The number of hydrogen-bond acceptors (Lipinski definition) is 5. The van der Waals surface area contributed by atoms with Crippen LogP contribution in [0.25, 0.3) is 10.2 Å². The Balaban J connectivity index is 0.00000259. The summed E-state index contributed by atoms with van der Waals surface area (Å²) >= 11 is 1.66. The fourth-order valence-corrected chi connectivity index (χ4v) is 8.18. The summed E-state index contributed by atoms with van der Waals surface area (Å²) in [5.74, 6) is 3.41. The predicted octanol–water partition coefficient (Wildman–Crippen LogP) is 5.93. The maximum atomic E-state index is 14.3. The zero-order valence-electron chi connectivity index (χ0n) is 20.4. The van der Waals surface area contributed by atoms with Crippen molar-refractivity contribution >= 4 is 45.0 Å². The molecule has 5 nitrogen and oxygen atoms in total. The van der Waals surface area contributed by atoms with Crippen molar-refractivity contribution in [2.75, 3.05) is 38.2 Å². The summed E-state index contributed by atoms with van der Waals surface area (Å²) in [6, 6.07) is 4.08. The first-order valence-electron chi connectivity index (χ1n) is 12.4. The molecule has 4 saturated carbocycles. The zero-order chi connectivity index (χ0) is 22.5. The molecular weight excluding hydrogens is 454 g/mol. The Morgan fingerprint density at radius 1 is 1.09 bits per heavy atom. The van der Waals surface area contributed by atoms with Crippen molar-refractivity contribution in [1.82, 2.24) is 9.88 Å². The molecule has 33 heavy (non-hydrogen) atoms. The summed E-state index contributed by atoms with van der Waals surface area (Å²) in [4.78, 5) is 23.8. The summed E-state index contributed by atoms with van der Waals surface area (Å²) < 4.78 is 6.73. The molecule has 6 rings (SSSR count). The second kappa shape index (κ2) is 9.71. The molecule has 0 radical (unpaired) electrons. The number of aromatic nitrogens is 1. The third-order valence-corrected chi connectivity index (χ3v) is 9.63. The van der Waals surface area contributed by atoms with Gasteiger partial charge in [0.15, 0.2) is 5.13 Å². The van der Waals surface area contributed by atoms with Crippen molar-refractivity contribution in [1.29, 1.82) is 0 Å². The van der Waals surface area contributed by atoms with Crippen LogP contribution in [0.15, 0.2) is 12.1 Å². The Morgan fingerprint density at radius 2 is 1.70 bits per heavy atom. The van der Waals surface area contributed by atoms with E-state index < -0.39 is 0 Å². The van der Waals surface area contributed by atoms with E-state index in [9.17, 15) is 4.79 Å². The molecule has 2 aromatic rings. The minimum atomic E-state index is -0.158. The molecule has 4 aliphatic carbocycles. The van der Waals surface area contributed by atoms with E-state index >= 15 is 0 Å². The highest BCUT2D eigenvalue weighted by molar-refractivity contribution is 7.22. The highest BCUT2D eigenvalue weighted by Crippen LogP contribution is 2.60. The number of halogens is 1. The first kappa shape index (κ1) is 24.7. The summed E-state index contributed by atoms with van der Waals surface area (Å²) in [7, 11) is 1.70. The number of fused-ring (bicyclic) bond motifs is 1. The molecule has 4 fully saturated rings. The van der Waals surface area contributed by atoms with E-state index in [0.717, 1.165) is 77.7 Å². The van der Waals surface area contributed by atoms with Gasteiger partial charge in [-0.3, -0.25) is 9.69 Å². The van der Waals surface area contributed by atoms with E-state index in [0.29, 0.717) is 12.5 Å². The predicted molar refractivity (Wildman–Crippen MR) is 139 cm³/mol. The van der Waals surface area contributed by atoms with Gasteiger partial charge < -0.3 is 9.64 Å². The molecule has 4 aliphatic rings. The maximum Gasteiger partial charge on any atom is 0.235 e. The molecule has 0 unspecified atom stereocenters. The number of thiazole rings is 1. The van der Waals surface area contributed by atoms with E-state index in [1.807, 2.05) is 6.07 Å². The molecule has 0 saturated heterocycles. The molecule has 0 N–H and O–H groups in total. The van der Waals surface area contributed by atoms with Gasteiger partial charge in [-0.1, -0.05) is 31.3 Å². The third kappa shape index (κ3) is 4.39. The minimum absolute atomic E-state index is 0. The number of nitrogens with zero attached hydrogens (tertiary/aromatic N) is 3. The summed E-state index contributed by atoms with van der Waals surface area (Å²) in [6.45, 7) is 10.1. The average molecular weight is 492 g/mol. The minimum Gasteiger partial charge on any atom is -0.494 e. The van der Waals surface area contributed by atoms with Gasteiger partial charge in [0, 0.05) is 13.1 Å². The van der Waals surface area contributed by atoms with Crippen LogP contribution >= 0.6 is 23.7 Å². The van der Waals surface area contributed by atoms with Crippen LogP contribution in [-0.2, 0) is 4.79 Å². The fraction of sp³-hybridized carbons (Fsp3) is 0.692. The maximum absolute atomic E-state index is 14.3. The van der Waals surface area contributed by atoms with Crippen molar-refractivity contribution in [3.05, 3.63) is 17.7 Å². The molecule has 1 aromatic heterocycles. The number of ether oxygens (including phenoxy) is 1. The van der Waals surface area contributed by atoms with Crippen LogP contribution in [0.5, 0.6) is 5.75 Å². The van der Waals surface area contributed by atoms with E-state index in [1.165, 1.54) is 24.8 Å². The number of aryl methyl sites for hydroxylation is 1. The van der Waals surface area contributed by atoms with Gasteiger partial charge in [0.25, 0.3) is 0 Å². The standard InChI is InChI=1S/C26H37N3O2S.ClH/c1-5-28(6-2)9-10-29(25-27-22-21(31-4)8-7-17(3)23(22)32-25)24(30)26-14-18-11-19(15-26)13-20(12-18)16-26;/h7-8,18-20H,5-6,9-16H2,1-4H3;1H. The van der Waals surface area contributed by atoms with Gasteiger partial charge >= 0.3 is 0 Å². The first-order valence-corrected chi connectivity index (χ1v) is 13.3. The smallest absolute Gasteiger partial charge is 0.235 e. The molecule has 4 bridgehead atoms. The average Bonchev–Trinajstić information content (AvgIpc) is 3.22. The van der Waals surface area contributed by atoms with Crippen molar-refractivity contribution < 1.29 is 9.53 Å². The van der Waals surface area contributed by atoms with Crippen molar-refractivity contribution in [2.45, 2.75) is 59.3 Å². The fourth-order valence-electron chi connectivity index (χ4n) is 7.10. The quantitative estimate of drug-likeness (QED) is 0.459. The molecule has 1 amide bonds. The summed E-state index contributed by atoms with van der Waals surface area (Å²) in [6.07, 6.45) is 7.32. The lowest BCUT2D eigenvalue weighted by molar-refractivity contribution is -0.143. The molecule has 0 spiro atoms. The van der Waals surface area contributed by atoms with Gasteiger partial charge in [-0.2, -0.15) is 0 Å². The van der Waals surface area contributed by atoms with Crippen LogP contribution < -0.4 is 9.64 Å². The Kier molecular flexibility index (Phi) is 7.28. The lowest BCUT2D eigenvalue weighted by Crippen LogP contribution is -2.55. The topological polar surface area (TPSA) is 45.7 Å². The number of benzene rings is 1. The van der Waals surface area contributed by atoms with Crippen LogP contribution in [0.3, 0.4) is 0 Å². The Hall–Kier alpha value is -1.37. The van der Waals surface area contributed by atoms with Gasteiger partial charge in [-0.15, -0.1) is 12.4 Å². The van der Waals surface area contributed by atoms with Crippen molar-refractivity contribution in [2.24, 2.45) is 23.2 Å². The highest BCUT2D eigenvalue weighted by Gasteiger charge is 2.56. The van der Waals surface area contributed by atoms with Gasteiger partial charge in [0.2, 0.25) is 5.91 Å². The number of amides is 1. The van der Waals surface area contributed by atoms with Crippen molar-refractivity contribution in [3.63, 3.8) is 0 Å². The van der Waals surface area contributed by atoms with E-state index in [4.69, 9.17) is 9.72 Å². The van der Waals surface area contributed by atoms with Crippen molar-refractivity contribution in [3.8, 4) is 5.75 Å². The largest absolute Gasteiger partial charge is 0.494 e. The number of hydrogen-bond donors (Lipinski definition) is 0. The lowest BCUT2D eigenvalue weighted by Gasteiger charge is -2.56. The van der Waals surface area contributed by atoms with Crippen LogP contribution in [0.4, 0.5) is 5.13 Å². The number of anilines is 1. The Morgan fingerprint density at radius 3 is 2.24 bits per heavy atom. The first-order chi connectivity index (χ1) is 15.5. The third-order valence-electron chi connectivity index (χ3n) is 8.41. The zero-order valence-corrected chi connectivity index (χ0v) is 22.1. The van der Waals surface area contributed by atoms with E-state index in [-0.39, 0.29) is 17.8 Å². The molecule has 1 heterocycles. The summed E-state index contributed by atoms with van der Waals surface area (Å²) in [5.41, 5.74) is 1.92. The number of carbonyl (C=O) groups is 1. The second-order valence-electron chi connectivity index (χ2n) is 10.4. The number of likely N-dealkylation sites (N-methyl/N-ethyl adjacent to an activating group) is 1. The van der Waals surface area contributed by atoms with Gasteiger partial charge in [-0.05, 0) is 87.9 Å². The van der Waals surface area contributed by atoms with Crippen LogP contribution in [0.2, 0.25) is 0 Å². The second-order valence-corrected chi connectivity index (χ2v) is 11.4. The van der Waals surface area contributed by atoms with Crippen LogP contribution in [0.1, 0.15) is 57.9 Å². The lowest BCUT2D eigenvalue weighted by atomic mass is 9.49. The molecule has 7 heteroatoms. The van der Waals surface area contributed by atoms with Gasteiger partial charge in [-0.25, -0.2) is 4.98 Å². The normalized spacial score (nSPS) is 27.7. The SMILES string of the molecule is CCN(CC)CCN(C(=O)C12CC3CC(CC(C3)C1)C2)c1nc2c(OC)ccc(C)c2s1.Cl. The highest BCUT2D eigenvalue weighted by atomic mass is 35.5. The Bertz CT molecular complexity index is 968. The molecule has 182 valence electrons. The molecule has 0 atom stereocenters. The Labute approximate surface area is 208 Å². The van der Waals surface area contributed by atoms with Gasteiger partial charge in [0.05, 0.1) is 17.2 Å². The molecule has 1 aromatic carbocycles. The van der Waals surface area contributed by atoms with Crippen LogP contribution in [-0.4, -0.2) is 49.1 Å². The monoisotopic (exact) mass is 491 g/mol. The number of methoxy groups -OCH3 is 1. The number of rotatable bonds is 8. The molecule has 0 aliphatic heterocycles. The number of carbonyl (C=O) groups excluding carboxylic acids is 1. The van der Waals surface area contributed by atoms with E-state index in [2.05, 4.69) is 36.6 Å². The summed E-state index contributed by atoms with van der Waals surface area (Å²) in [5, 5.41) is 0.848. The van der Waals surface area contributed by atoms with Crippen LogP contribution in [0, 0.1) is 30.1 Å². The van der Waals surface area contributed by atoms with E-state index in [1.54, 1.807) is 18.4 Å². The molecular formula is C26H38ClN3O2S. The van der Waals surface area contributed by atoms with Gasteiger partial charge in [0.1, 0.15) is 11.3 Å².